The molecular formula is C21H21N3. The van der Waals surface area contributed by atoms with Crippen molar-refractivity contribution in [2.45, 2.75) is 13.8 Å². The highest BCUT2D eigenvalue weighted by Gasteiger charge is 2.26. The van der Waals surface area contributed by atoms with Gasteiger partial charge in [0.1, 0.15) is 0 Å². The van der Waals surface area contributed by atoms with Gasteiger partial charge in [-0.3, -0.25) is 0 Å². The summed E-state index contributed by atoms with van der Waals surface area (Å²) in [6.45, 7) is 5.12. The Labute approximate surface area is 143 Å². The van der Waals surface area contributed by atoms with Crippen LogP contribution in [0.2, 0.25) is 0 Å². The first-order chi connectivity index (χ1) is 11.6. The molecule has 0 aliphatic carbocycles. The average molecular weight is 315 g/mol. The summed E-state index contributed by atoms with van der Waals surface area (Å²) in [6.07, 6.45) is 0. The summed E-state index contributed by atoms with van der Waals surface area (Å²) in [5.74, 6) is 1.03. The molecule has 0 saturated carbocycles. The summed E-state index contributed by atoms with van der Waals surface area (Å²) in [7, 11) is 2.11. The maximum Gasteiger partial charge on any atom is 0.158 e. The molecule has 2 heterocycles. The first-order valence-electron chi connectivity index (χ1n) is 8.26. The number of anilines is 3. The normalized spacial score (nSPS) is 13.3. The molecular weight excluding hydrogens is 294 g/mol. The number of aromatic nitrogens is 1. The quantitative estimate of drug-likeness (QED) is 0.670. The Morgan fingerprint density at radius 3 is 2.25 bits per heavy atom. The van der Waals surface area contributed by atoms with Crippen molar-refractivity contribution in [1.29, 1.82) is 0 Å². The Balaban J connectivity index is 1.85. The number of hydrogen-bond acceptors (Lipinski definition) is 3. The molecule has 120 valence electrons. The second-order valence-electron chi connectivity index (χ2n) is 6.41. The van der Waals surface area contributed by atoms with E-state index in [0.29, 0.717) is 0 Å². The van der Waals surface area contributed by atoms with Crippen molar-refractivity contribution in [3.05, 3.63) is 71.8 Å². The fourth-order valence-electron chi connectivity index (χ4n) is 3.46. The predicted molar refractivity (Wildman–Crippen MR) is 101 cm³/mol. The molecule has 0 N–H and O–H groups in total. The minimum absolute atomic E-state index is 0.822. The molecule has 0 spiro atoms. The molecule has 1 aliphatic rings. The number of fused-ring (bicyclic) bond motifs is 1. The number of para-hydroxylation sites is 1. The molecule has 0 radical (unpaired) electrons. The topological polar surface area (TPSA) is 19.4 Å². The van der Waals surface area contributed by atoms with Gasteiger partial charge in [-0.15, -0.1) is 0 Å². The van der Waals surface area contributed by atoms with E-state index < -0.39 is 0 Å². The SMILES string of the molecule is Cc1cccc(C)c1-c1ccc2c(n1)N(c1ccccc1)CN2C. The van der Waals surface area contributed by atoms with Gasteiger partial charge in [-0.1, -0.05) is 36.4 Å². The molecule has 3 heteroatoms. The number of benzene rings is 2. The lowest BCUT2D eigenvalue weighted by Gasteiger charge is -2.19. The molecule has 3 aromatic rings. The van der Waals surface area contributed by atoms with Crippen molar-refractivity contribution in [3.63, 3.8) is 0 Å². The van der Waals surface area contributed by atoms with Crippen molar-refractivity contribution in [3.8, 4) is 11.3 Å². The molecule has 24 heavy (non-hydrogen) atoms. The zero-order chi connectivity index (χ0) is 16.7. The van der Waals surface area contributed by atoms with Crippen LogP contribution in [0.25, 0.3) is 11.3 Å². The Morgan fingerprint density at radius 1 is 0.833 bits per heavy atom. The molecule has 0 bridgehead atoms. The minimum atomic E-state index is 0.822. The first-order valence-corrected chi connectivity index (χ1v) is 8.26. The molecule has 0 unspecified atom stereocenters. The van der Waals surface area contributed by atoms with Crippen LogP contribution in [0.5, 0.6) is 0 Å². The van der Waals surface area contributed by atoms with Crippen LogP contribution < -0.4 is 9.80 Å². The smallest absolute Gasteiger partial charge is 0.158 e. The molecule has 0 amide bonds. The van der Waals surface area contributed by atoms with E-state index in [9.17, 15) is 0 Å². The second-order valence-corrected chi connectivity index (χ2v) is 6.41. The van der Waals surface area contributed by atoms with Crippen LogP contribution in [-0.4, -0.2) is 18.7 Å². The third-order valence-corrected chi connectivity index (χ3v) is 4.68. The molecule has 2 aromatic carbocycles. The number of nitrogens with zero attached hydrogens (tertiary/aromatic N) is 3. The zero-order valence-electron chi connectivity index (χ0n) is 14.3. The van der Waals surface area contributed by atoms with E-state index >= 15 is 0 Å². The summed E-state index contributed by atoms with van der Waals surface area (Å²) in [5, 5.41) is 0. The minimum Gasteiger partial charge on any atom is -0.354 e. The number of hydrogen-bond donors (Lipinski definition) is 0. The fraction of sp³-hybridized carbons (Fsp3) is 0.190. The third kappa shape index (κ3) is 2.33. The van der Waals surface area contributed by atoms with Gasteiger partial charge in [-0.2, -0.15) is 0 Å². The van der Waals surface area contributed by atoms with E-state index in [1.54, 1.807) is 0 Å². The Kier molecular flexibility index (Phi) is 3.49. The lowest BCUT2D eigenvalue weighted by atomic mass is 9.99. The van der Waals surface area contributed by atoms with Gasteiger partial charge in [0.2, 0.25) is 0 Å². The maximum absolute atomic E-state index is 5.04. The van der Waals surface area contributed by atoms with Crippen molar-refractivity contribution >= 4 is 17.2 Å². The monoisotopic (exact) mass is 315 g/mol. The predicted octanol–water partition coefficient (Wildman–Crippen LogP) is 4.91. The van der Waals surface area contributed by atoms with Gasteiger partial charge in [0.25, 0.3) is 0 Å². The summed E-state index contributed by atoms with van der Waals surface area (Å²) in [5.41, 5.74) is 7.16. The average Bonchev–Trinajstić information content (AvgIpc) is 2.92. The number of pyridine rings is 1. The van der Waals surface area contributed by atoms with Crippen molar-refractivity contribution in [2.24, 2.45) is 0 Å². The van der Waals surface area contributed by atoms with Crippen molar-refractivity contribution < 1.29 is 0 Å². The van der Waals surface area contributed by atoms with E-state index in [4.69, 9.17) is 4.98 Å². The van der Waals surface area contributed by atoms with Crippen LogP contribution in [0.15, 0.2) is 60.7 Å². The molecule has 4 rings (SSSR count). The van der Waals surface area contributed by atoms with Gasteiger partial charge in [0, 0.05) is 18.3 Å². The fourth-order valence-corrected chi connectivity index (χ4v) is 3.46. The largest absolute Gasteiger partial charge is 0.354 e. The standard InChI is InChI=1S/C21H21N3/c1-15-8-7-9-16(2)20(15)18-12-13-19-21(22-18)24(14-23(19)3)17-10-5-4-6-11-17/h4-13H,14H2,1-3H3. The number of rotatable bonds is 2. The summed E-state index contributed by atoms with van der Waals surface area (Å²) < 4.78 is 0. The summed E-state index contributed by atoms with van der Waals surface area (Å²) >= 11 is 0. The summed E-state index contributed by atoms with van der Waals surface area (Å²) in [4.78, 5) is 9.55. The van der Waals surface area contributed by atoms with Crippen LogP contribution in [0.3, 0.4) is 0 Å². The number of aryl methyl sites for hydroxylation is 2. The maximum atomic E-state index is 5.04. The highest BCUT2D eigenvalue weighted by Crippen LogP contribution is 2.40. The molecule has 0 saturated heterocycles. The Morgan fingerprint density at radius 2 is 1.54 bits per heavy atom. The molecule has 1 aliphatic heterocycles. The van der Waals surface area contributed by atoms with Crippen molar-refractivity contribution in [1.82, 2.24) is 4.98 Å². The van der Waals surface area contributed by atoms with Crippen LogP contribution in [-0.2, 0) is 0 Å². The van der Waals surface area contributed by atoms with Crippen LogP contribution in [0, 0.1) is 13.8 Å². The van der Waals surface area contributed by atoms with Crippen molar-refractivity contribution in [2.75, 3.05) is 23.5 Å². The second kappa shape index (κ2) is 5.68. The first kappa shape index (κ1) is 14.8. The van der Waals surface area contributed by atoms with Crippen LogP contribution in [0.1, 0.15) is 11.1 Å². The van der Waals surface area contributed by atoms with E-state index in [-0.39, 0.29) is 0 Å². The van der Waals surface area contributed by atoms with Gasteiger partial charge in [0.05, 0.1) is 18.1 Å². The van der Waals surface area contributed by atoms with E-state index in [1.165, 1.54) is 28.1 Å². The third-order valence-electron chi connectivity index (χ3n) is 4.68. The summed E-state index contributed by atoms with van der Waals surface area (Å²) in [6, 6.07) is 21.2. The molecule has 0 fully saturated rings. The lowest BCUT2D eigenvalue weighted by molar-refractivity contribution is 0.944. The van der Waals surface area contributed by atoms with Gasteiger partial charge >= 0.3 is 0 Å². The van der Waals surface area contributed by atoms with E-state index in [0.717, 1.165) is 18.2 Å². The van der Waals surface area contributed by atoms with E-state index in [2.05, 4.69) is 85.3 Å². The molecule has 1 aromatic heterocycles. The van der Waals surface area contributed by atoms with Crippen LogP contribution >= 0.6 is 0 Å². The van der Waals surface area contributed by atoms with Crippen LogP contribution in [0.4, 0.5) is 17.2 Å². The Hall–Kier alpha value is -2.81. The van der Waals surface area contributed by atoms with Gasteiger partial charge in [-0.25, -0.2) is 4.98 Å². The Bertz CT molecular complexity index is 867. The highest BCUT2D eigenvalue weighted by atomic mass is 15.4. The van der Waals surface area contributed by atoms with Gasteiger partial charge < -0.3 is 9.80 Å². The molecule has 3 nitrogen and oxygen atoms in total. The van der Waals surface area contributed by atoms with Gasteiger partial charge in [-0.05, 0) is 49.2 Å². The zero-order valence-corrected chi connectivity index (χ0v) is 14.3. The lowest BCUT2D eigenvalue weighted by Crippen LogP contribution is -2.24. The van der Waals surface area contributed by atoms with E-state index in [1.807, 2.05) is 6.07 Å². The highest BCUT2D eigenvalue weighted by molar-refractivity contribution is 5.82. The molecule has 0 atom stereocenters. The van der Waals surface area contributed by atoms with Gasteiger partial charge in [0.15, 0.2) is 5.82 Å².